The molecule has 12 heteroatoms. The highest BCUT2D eigenvalue weighted by Crippen LogP contribution is 2.31. The van der Waals surface area contributed by atoms with Gasteiger partial charge >= 0.3 is 0 Å². The van der Waals surface area contributed by atoms with Crippen molar-refractivity contribution >= 4 is 55.4 Å². The molecule has 0 unspecified atom stereocenters. The number of carbonyl (C=O) groups excluding carboxylic acids is 1. The largest absolute Gasteiger partial charge is 0.495 e. The van der Waals surface area contributed by atoms with E-state index in [1.807, 2.05) is 18.2 Å². The Morgan fingerprint density at radius 2 is 1.89 bits per heavy atom. The van der Waals surface area contributed by atoms with E-state index in [2.05, 4.69) is 19.9 Å². The SMILES string of the molecule is COc1ccc(Cl)cc1N1CCNCC1.O=C1CCCN1c1ccc(S(=O)(=O)Nc2nccs2)cc1.[HH].[HH]. The lowest BCUT2D eigenvalue weighted by Gasteiger charge is -2.30. The second-order valence-electron chi connectivity index (χ2n) is 8.14. The van der Waals surface area contributed by atoms with Crippen LogP contribution in [0.2, 0.25) is 5.02 Å². The van der Waals surface area contributed by atoms with Crippen LogP contribution in [-0.2, 0) is 14.8 Å². The minimum absolute atomic E-state index is 0. The Kier molecular flexibility index (Phi) is 8.68. The maximum Gasteiger partial charge on any atom is 0.263 e. The van der Waals surface area contributed by atoms with Crippen molar-refractivity contribution in [2.45, 2.75) is 17.7 Å². The van der Waals surface area contributed by atoms with E-state index in [-0.39, 0.29) is 13.7 Å². The fourth-order valence-electron chi connectivity index (χ4n) is 3.99. The van der Waals surface area contributed by atoms with Crippen LogP contribution in [0.1, 0.15) is 15.7 Å². The lowest BCUT2D eigenvalue weighted by atomic mass is 10.2. The number of nitrogens with zero attached hydrogens (tertiary/aromatic N) is 3. The molecule has 2 saturated heterocycles. The van der Waals surface area contributed by atoms with Crippen LogP contribution in [0.25, 0.3) is 0 Å². The standard InChI is InChI=1S/C13H13N3O3S2.C11H15ClN2O.2H2/c17-12-2-1-8-16(12)10-3-5-11(6-4-10)21(18,19)15-13-14-7-9-20-13;1-15-11-3-2-9(12)8-10(11)14-6-4-13-5-7-14;;/h3-7,9H,1-2,8H2,(H,14,15);2-3,8,13H,4-7H2,1H3;2*1H. The average molecular weight is 554 g/mol. The zero-order chi connectivity index (χ0) is 25.5. The fourth-order valence-corrected chi connectivity index (χ4v) is 5.95. The molecule has 0 bridgehead atoms. The number of sulfonamides is 1. The summed E-state index contributed by atoms with van der Waals surface area (Å²) in [7, 11) is -1.95. The van der Waals surface area contributed by atoms with Crippen molar-refractivity contribution in [3.8, 4) is 5.75 Å². The van der Waals surface area contributed by atoms with E-state index in [0.29, 0.717) is 18.1 Å². The molecule has 0 radical (unpaired) electrons. The Hall–Kier alpha value is -2.86. The molecule has 1 amide bonds. The van der Waals surface area contributed by atoms with Gasteiger partial charge in [-0.25, -0.2) is 13.4 Å². The first-order valence-electron chi connectivity index (χ1n) is 11.5. The number of thiazole rings is 1. The molecule has 0 aliphatic carbocycles. The molecule has 0 spiro atoms. The summed E-state index contributed by atoms with van der Waals surface area (Å²) in [6.45, 7) is 4.70. The maximum atomic E-state index is 12.2. The fraction of sp³-hybridized carbons (Fsp3) is 0.333. The molecule has 2 N–H and O–H groups in total. The molecule has 5 rings (SSSR count). The highest BCUT2D eigenvalue weighted by molar-refractivity contribution is 7.93. The summed E-state index contributed by atoms with van der Waals surface area (Å²) in [5, 5.41) is 6.10. The maximum absolute atomic E-state index is 12.2. The number of aromatic nitrogens is 1. The van der Waals surface area contributed by atoms with Crippen molar-refractivity contribution in [2.24, 2.45) is 0 Å². The predicted molar refractivity (Wildman–Crippen MR) is 148 cm³/mol. The second-order valence-corrected chi connectivity index (χ2v) is 11.2. The van der Waals surface area contributed by atoms with Crippen molar-refractivity contribution in [2.75, 3.05) is 54.4 Å². The van der Waals surface area contributed by atoms with Gasteiger partial charge < -0.3 is 19.9 Å². The van der Waals surface area contributed by atoms with Gasteiger partial charge in [0.05, 0.1) is 17.7 Å². The molecule has 2 aliphatic rings. The highest BCUT2D eigenvalue weighted by atomic mass is 35.5. The van der Waals surface area contributed by atoms with Gasteiger partial charge in [-0.15, -0.1) is 11.3 Å². The molecule has 2 aliphatic heterocycles. The van der Waals surface area contributed by atoms with Crippen molar-refractivity contribution < 1.29 is 20.8 Å². The van der Waals surface area contributed by atoms with Crippen LogP contribution in [0.5, 0.6) is 5.75 Å². The van der Waals surface area contributed by atoms with E-state index < -0.39 is 10.0 Å². The zero-order valence-corrected chi connectivity index (χ0v) is 22.2. The number of halogens is 1. The van der Waals surface area contributed by atoms with E-state index in [9.17, 15) is 13.2 Å². The van der Waals surface area contributed by atoms with Crippen LogP contribution < -0.4 is 24.6 Å². The highest BCUT2D eigenvalue weighted by Gasteiger charge is 2.22. The molecule has 3 heterocycles. The molecule has 36 heavy (non-hydrogen) atoms. The van der Waals surface area contributed by atoms with Gasteiger partial charge in [0.1, 0.15) is 5.75 Å². The van der Waals surface area contributed by atoms with E-state index in [4.69, 9.17) is 16.3 Å². The number of hydrogen-bond donors (Lipinski definition) is 2. The number of amides is 1. The van der Waals surface area contributed by atoms with Crippen LogP contribution in [0.3, 0.4) is 0 Å². The number of carbonyl (C=O) groups is 1. The quantitative estimate of drug-likeness (QED) is 0.468. The molecule has 0 saturated carbocycles. The monoisotopic (exact) mass is 553 g/mol. The van der Waals surface area contributed by atoms with Gasteiger partial charge in [0, 0.05) is 64.3 Å². The number of anilines is 3. The van der Waals surface area contributed by atoms with Crippen molar-refractivity contribution in [1.82, 2.24) is 10.3 Å². The summed E-state index contributed by atoms with van der Waals surface area (Å²) in [5.74, 6) is 0.966. The van der Waals surface area contributed by atoms with Crippen LogP contribution in [0, 0.1) is 0 Å². The summed E-state index contributed by atoms with van der Waals surface area (Å²) in [4.78, 5) is 19.7. The summed E-state index contributed by atoms with van der Waals surface area (Å²) in [6, 6.07) is 12.0. The molecular weight excluding hydrogens is 522 g/mol. The Bertz CT molecular complexity index is 1280. The summed E-state index contributed by atoms with van der Waals surface area (Å²) < 4.78 is 32.1. The third-order valence-electron chi connectivity index (χ3n) is 5.78. The number of ether oxygens (including phenoxy) is 1. The molecule has 0 atom stereocenters. The number of piperazine rings is 1. The van der Waals surface area contributed by atoms with Crippen LogP contribution in [0.4, 0.5) is 16.5 Å². The first kappa shape index (κ1) is 26.2. The Labute approximate surface area is 223 Å². The number of rotatable bonds is 6. The Morgan fingerprint density at radius 1 is 1.14 bits per heavy atom. The number of benzene rings is 2. The molecule has 9 nitrogen and oxygen atoms in total. The zero-order valence-electron chi connectivity index (χ0n) is 19.8. The summed E-state index contributed by atoms with van der Waals surface area (Å²) in [6.07, 6.45) is 2.92. The number of nitrogens with one attached hydrogen (secondary N) is 2. The van der Waals surface area contributed by atoms with Crippen LogP contribution >= 0.6 is 22.9 Å². The Morgan fingerprint density at radius 3 is 2.50 bits per heavy atom. The van der Waals surface area contributed by atoms with E-state index in [1.54, 1.807) is 29.5 Å². The van der Waals surface area contributed by atoms with E-state index >= 15 is 0 Å². The van der Waals surface area contributed by atoms with Gasteiger partial charge in [-0.2, -0.15) is 0 Å². The number of methoxy groups -OCH3 is 1. The third kappa shape index (κ3) is 6.47. The van der Waals surface area contributed by atoms with Crippen molar-refractivity contribution in [3.63, 3.8) is 0 Å². The van der Waals surface area contributed by atoms with Gasteiger partial charge in [-0.05, 0) is 48.9 Å². The van der Waals surface area contributed by atoms with E-state index in [1.165, 1.54) is 29.7 Å². The van der Waals surface area contributed by atoms with Gasteiger partial charge in [0.15, 0.2) is 5.13 Å². The smallest absolute Gasteiger partial charge is 0.263 e. The molecular formula is C24H32ClN5O4S2. The summed E-state index contributed by atoms with van der Waals surface area (Å²) in [5.41, 5.74) is 1.82. The molecule has 196 valence electrons. The molecule has 2 aromatic carbocycles. The Balaban J connectivity index is 0.000000266. The number of hydrogen-bond acceptors (Lipinski definition) is 8. The molecule has 3 aromatic rings. The van der Waals surface area contributed by atoms with Crippen LogP contribution in [0.15, 0.2) is 58.9 Å². The molecule has 2 fully saturated rings. The third-order valence-corrected chi connectivity index (χ3v) is 8.19. The van der Waals surface area contributed by atoms with Gasteiger partial charge in [0.25, 0.3) is 10.0 Å². The first-order valence-corrected chi connectivity index (χ1v) is 14.2. The lowest BCUT2D eigenvalue weighted by molar-refractivity contribution is -0.117. The van der Waals surface area contributed by atoms with E-state index in [0.717, 1.165) is 54.7 Å². The van der Waals surface area contributed by atoms with Crippen molar-refractivity contribution in [3.05, 3.63) is 59.1 Å². The van der Waals surface area contributed by atoms with Crippen molar-refractivity contribution in [1.29, 1.82) is 0 Å². The first-order chi connectivity index (χ1) is 17.4. The van der Waals surface area contributed by atoms with Gasteiger partial charge in [-0.1, -0.05) is 11.6 Å². The lowest BCUT2D eigenvalue weighted by Crippen LogP contribution is -2.43. The average Bonchev–Trinajstić information content (AvgIpc) is 3.56. The minimum atomic E-state index is -3.64. The van der Waals surface area contributed by atoms with Gasteiger partial charge in [0.2, 0.25) is 5.91 Å². The minimum Gasteiger partial charge on any atom is -0.495 e. The second kappa shape index (κ2) is 11.9. The topological polar surface area (TPSA) is 104 Å². The van der Waals surface area contributed by atoms with Gasteiger partial charge in [-0.3, -0.25) is 9.52 Å². The van der Waals surface area contributed by atoms with Crippen LogP contribution in [-0.4, -0.2) is 59.1 Å². The normalized spacial score (nSPS) is 15.9. The summed E-state index contributed by atoms with van der Waals surface area (Å²) >= 11 is 7.21. The molecule has 1 aromatic heterocycles. The predicted octanol–water partition coefficient (Wildman–Crippen LogP) is 4.32.